The third-order valence-electron chi connectivity index (χ3n) is 3.55. The van der Waals surface area contributed by atoms with Crippen LogP contribution < -0.4 is 22.1 Å². The van der Waals surface area contributed by atoms with Gasteiger partial charge >= 0.3 is 6.03 Å². The van der Waals surface area contributed by atoms with Crippen LogP contribution in [0.25, 0.3) is 0 Å². The molecule has 3 amide bonds. The van der Waals surface area contributed by atoms with Crippen molar-refractivity contribution in [3.63, 3.8) is 0 Å². The van der Waals surface area contributed by atoms with Gasteiger partial charge in [-0.05, 0) is 49.4 Å². The second kappa shape index (κ2) is 7.17. The van der Waals surface area contributed by atoms with Gasteiger partial charge in [0.25, 0.3) is 0 Å². The zero-order valence-electron chi connectivity index (χ0n) is 11.9. The summed E-state index contributed by atoms with van der Waals surface area (Å²) in [7, 11) is 0. The molecule has 2 unspecified atom stereocenters. The highest BCUT2D eigenvalue weighted by atomic mass is 35.5. The molecule has 0 aliphatic heterocycles. The van der Waals surface area contributed by atoms with Crippen molar-refractivity contribution in [1.82, 2.24) is 10.6 Å². The third-order valence-corrected chi connectivity index (χ3v) is 3.55. The van der Waals surface area contributed by atoms with Gasteiger partial charge in [-0.1, -0.05) is 6.07 Å². The molecule has 6 nitrogen and oxygen atoms in total. The highest BCUT2D eigenvalue weighted by Crippen LogP contribution is 2.30. The van der Waals surface area contributed by atoms with E-state index < -0.39 is 12.1 Å². The summed E-state index contributed by atoms with van der Waals surface area (Å²) < 4.78 is 0. The van der Waals surface area contributed by atoms with Gasteiger partial charge in [-0.3, -0.25) is 4.79 Å². The SMILES string of the molecule is CC(NC(N)=O)C(=O)NC1CCCc2cc(N)ccc21.Cl. The van der Waals surface area contributed by atoms with E-state index in [9.17, 15) is 9.59 Å². The summed E-state index contributed by atoms with van der Waals surface area (Å²) in [5.74, 6) is -0.238. The van der Waals surface area contributed by atoms with Crippen molar-refractivity contribution < 1.29 is 9.59 Å². The van der Waals surface area contributed by atoms with Crippen LogP contribution in [-0.4, -0.2) is 18.0 Å². The fraction of sp³-hybridized carbons (Fsp3) is 0.429. The molecular formula is C14H21ClN4O2. The van der Waals surface area contributed by atoms with Gasteiger partial charge in [-0.15, -0.1) is 12.4 Å². The maximum absolute atomic E-state index is 12.0. The van der Waals surface area contributed by atoms with Crippen molar-refractivity contribution >= 4 is 30.0 Å². The zero-order valence-corrected chi connectivity index (χ0v) is 12.7. The van der Waals surface area contributed by atoms with Gasteiger partial charge in [0.1, 0.15) is 6.04 Å². The number of nitrogens with two attached hydrogens (primary N) is 2. The van der Waals surface area contributed by atoms with E-state index in [4.69, 9.17) is 11.5 Å². The summed E-state index contributed by atoms with van der Waals surface area (Å²) in [5, 5.41) is 5.32. The Morgan fingerprint density at radius 2 is 2.10 bits per heavy atom. The molecule has 21 heavy (non-hydrogen) atoms. The molecule has 0 fully saturated rings. The summed E-state index contributed by atoms with van der Waals surface area (Å²) in [6.07, 6.45) is 2.85. The number of rotatable bonds is 3. The largest absolute Gasteiger partial charge is 0.399 e. The molecule has 1 aromatic carbocycles. The third kappa shape index (κ3) is 4.26. The number of halogens is 1. The lowest BCUT2D eigenvalue weighted by molar-refractivity contribution is -0.123. The molecule has 1 aliphatic carbocycles. The van der Waals surface area contributed by atoms with Gasteiger partial charge in [0.2, 0.25) is 5.91 Å². The van der Waals surface area contributed by atoms with Crippen LogP contribution in [0.2, 0.25) is 0 Å². The normalized spacial score (nSPS) is 17.9. The number of carbonyl (C=O) groups excluding carboxylic acids is 2. The first kappa shape index (κ1) is 17.1. The first-order valence-corrected chi connectivity index (χ1v) is 6.72. The predicted molar refractivity (Wildman–Crippen MR) is 84.1 cm³/mol. The van der Waals surface area contributed by atoms with Crippen LogP contribution in [0.4, 0.5) is 10.5 Å². The van der Waals surface area contributed by atoms with Gasteiger partial charge in [-0.2, -0.15) is 0 Å². The van der Waals surface area contributed by atoms with Crippen LogP contribution in [0.1, 0.15) is 36.9 Å². The number of hydrogen-bond donors (Lipinski definition) is 4. The number of nitrogen functional groups attached to an aromatic ring is 1. The van der Waals surface area contributed by atoms with Gasteiger partial charge < -0.3 is 22.1 Å². The molecule has 6 N–H and O–H groups in total. The van der Waals surface area contributed by atoms with Crippen molar-refractivity contribution in [2.24, 2.45) is 5.73 Å². The Bertz CT molecular complexity index is 536. The average Bonchev–Trinajstić information content (AvgIpc) is 2.37. The van der Waals surface area contributed by atoms with Crippen molar-refractivity contribution in [2.75, 3.05) is 5.73 Å². The first-order chi connectivity index (χ1) is 9.47. The Hall–Kier alpha value is -1.95. The number of amides is 3. The standard InChI is InChI=1S/C14H20N4O2.ClH/c1-8(17-14(16)20)13(19)18-12-4-2-3-9-7-10(15)5-6-11(9)12;/h5-8,12H,2-4,15H2,1H3,(H,18,19)(H3,16,17,20);1H. The molecule has 7 heteroatoms. The molecule has 1 aromatic rings. The van der Waals surface area contributed by atoms with Crippen LogP contribution in [0.5, 0.6) is 0 Å². The van der Waals surface area contributed by atoms with E-state index in [1.165, 1.54) is 5.56 Å². The van der Waals surface area contributed by atoms with E-state index in [1.807, 2.05) is 18.2 Å². The summed E-state index contributed by atoms with van der Waals surface area (Å²) in [6, 6.07) is 4.37. The van der Waals surface area contributed by atoms with Gasteiger partial charge in [-0.25, -0.2) is 4.79 Å². The summed E-state index contributed by atoms with van der Waals surface area (Å²) >= 11 is 0. The number of fused-ring (bicyclic) bond motifs is 1. The topological polar surface area (TPSA) is 110 Å². The second-order valence-electron chi connectivity index (χ2n) is 5.14. The lowest BCUT2D eigenvalue weighted by atomic mass is 9.87. The first-order valence-electron chi connectivity index (χ1n) is 6.72. The van der Waals surface area contributed by atoms with E-state index in [0.29, 0.717) is 0 Å². The van der Waals surface area contributed by atoms with Crippen molar-refractivity contribution in [3.8, 4) is 0 Å². The number of hydrogen-bond acceptors (Lipinski definition) is 3. The number of carbonyl (C=O) groups is 2. The molecule has 0 saturated carbocycles. The fourth-order valence-electron chi connectivity index (χ4n) is 2.56. The highest BCUT2D eigenvalue weighted by Gasteiger charge is 2.24. The number of urea groups is 1. The molecule has 116 valence electrons. The molecule has 0 heterocycles. The van der Waals surface area contributed by atoms with Crippen LogP contribution in [0.15, 0.2) is 18.2 Å². The minimum Gasteiger partial charge on any atom is -0.399 e. The molecule has 0 saturated heterocycles. The van der Waals surface area contributed by atoms with E-state index in [0.717, 1.165) is 30.5 Å². The minimum atomic E-state index is -0.704. The van der Waals surface area contributed by atoms with E-state index in [1.54, 1.807) is 6.92 Å². The maximum Gasteiger partial charge on any atom is 0.312 e. The van der Waals surface area contributed by atoms with Crippen molar-refractivity contribution in [1.29, 1.82) is 0 Å². The van der Waals surface area contributed by atoms with Crippen LogP contribution in [0.3, 0.4) is 0 Å². The maximum atomic E-state index is 12.0. The summed E-state index contributed by atoms with van der Waals surface area (Å²) in [6.45, 7) is 1.60. The monoisotopic (exact) mass is 312 g/mol. The lowest BCUT2D eigenvalue weighted by Crippen LogP contribution is -2.47. The molecule has 2 atom stereocenters. The molecule has 0 radical (unpaired) electrons. The molecule has 1 aliphatic rings. The van der Waals surface area contributed by atoms with Crippen LogP contribution >= 0.6 is 12.4 Å². The molecule has 0 bridgehead atoms. The lowest BCUT2D eigenvalue weighted by Gasteiger charge is -2.27. The minimum absolute atomic E-state index is 0. The van der Waals surface area contributed by atoms with Crippen LogP contribution in [-0.2, 0) is 11.2 Å². The van der Waals surface area contributed by atoms with Gasteiger partial charge in [0, 0.05) is 5.69 Å². The number of benzene rings is 1. The quantitative estimate of drug-likeness (QED) is 0.630. The molecular weight excluding hydrogens is 292 g/mol. The van der Waals surface area contributed by atoms with E-state index in [-0.39, 0.29) is 24.4 Å². The zero-order chi connectivity index (χ0) is 14.7. The van der Waals surface area contributed by atoms with Crippen LogP contribution in [0, 0.1) is 0 Å². The molecule has 0 spiro atoms. The Labute approximate surface area is 130 Å². The fourth-order valence-corrected chi connectivity index (χ4v) is 2.56. The number of primary amides is 1. The number of anilines is 1. The number of nitrogens with one attached hydrogen (secondary N) is 2. The Kier molecular flexibility index (Phi) is 5.84. The Morgan fingerprint density at radius 3 is 2.76 bits per heavy atom. The Balaban J connectivity index is 0.00000220. The highest BCUT2D eigenvalue weighted by molar-refractivity contribution is 5.86. The Morgan fingerprint density at radius 1 is 1.38 bits per heavy atom. The van der Waals surface area contributed by atoms with E-state index in [2.05, 4.69) is 10.6 Å². The molecule has 2 rings (SSSR count). The summed E-state index contributed by atoms with van der Waals surface area (Å²) in [5.41, 5.74) is 13.8. The van der Waals surface area contributed by atoms with E-state index >= 15 is 0 Å². The van der Waals surface area contributed by atoms with Crippen molar-refractivity contribution in [2.45, 2.75) is 38.3 Å². The smallest absolute Gasteiger partial charge is 0.312 e. The number of aryl methyl sites for hydroxylation is 1. The average molecular weight is 313 g/mol. The second-order valence-corrected chi connectivity index (χ2v) is 5.14. The molecule has 0 aromatic heterocycles. The van der Waals surface area contributed by atoms with Gasteiger partial charge in [0.05, 0.1) is 6.04 Å². The summed E-state index contributed by atoms with van der Waals surface area (Å²) in [4.78, 5) is 22.8. The van der Waals surface area contributed by atoms with Gasteiger partial charge in [0.15, 0.2) is 0 Å². The predicted octanol–water partition coefficient (Wildman–Crippen LogP) is 1.24. The van der Waals surface area contributed by atoms with Crippen molar-refractivity contribution in [3.05, 3.63) is 29.3 Å².